The van der Waals surface area contributed by atoms with Crippen LogP contribution in [-0.4, -0.2) is 21.8 Å². The monoisotopic (exact) mass is 394 g/mol. The van der Waals surface area contributed by atoms with Crippen molar-refractivity contribution in [3.05, 3.63) is 94.5 Å². The van der Waals surface area contributed by atoms with Gasteiger partial charge < -0.3 is 10.2 Å². The van der Waals surface area contributed by atoms with Crippen LogP contribution in [0.25, 0.3) is 0 Å². The number of phenolic OH excluding ortho intramolecular Hbond substituents is 2. The number of rotatable bonds is 7. The molecule has 3 rings (SSSR count). The molecule has 0 aliphatic carbocycles. The van der Waals surface area contributed by atoms with Crippen molar-refractivity contribution in [3.8, 4) is 11.5 Å². The molecular weight excluding hydrogens is 376 g/mol. The summed E-state index contributed by atoms with van der Waals surface area (Å²) in [4.78, 5) is 25.5. The van der Waals surface area contributed by atoms with E-state index < -0.39 is 5.92 Å². The number of Topliss-reactive ketones (excluding diaryl/α,β-unsaturated/α-hetero) is 2. The van der Waals surface area contributed by atoms with Crippen molar-refractivity contribution in [2.45, 2.75) is 18.8 Å². The molecule has 0 aromatic heterocycles. The van der Waals surface area contributed by atoms with Crippen LogP contribution in [0.1, 0.15) is 45.0 Å². The van der Waals surface area contributed by atoms with Gasteiger partial charge >= 0.3 is 0 Å². The molecule has 0 heterocycles. The third-order valence-corrected chi connectivity index (χ3v) is 4.87. The molecule has 0 unspecified atom stereocenters. The predicted octanol–water partition coefficient (Wildman–Crippen LogP) is 5.38. The molecule has 5 heteroatoms. The second kappa shape index (κ2) is 8.72. The highest BCUT2D eigenvalue weighted by molar-refractivity contribution is 6.30. The number of hydrogen-bond acceptors (Lipinski definition) is 4. The van der Waals surface area contributed by atoms with Crippen molar-refractivity contribution in [1.29, 1.82) is 0 Å². The Morgan fingerprint density at radius 3 is 1.57 bits per heavy atom. The smallest absolute Gasteiger partial charge is 0.167 e. The molecule has 0 fully saturated rings. The minimum atomic E-state index is -0.420. The summed E-state index contributed by atoms with van der Waals surface area (Å²) in [5.74, 6) is -1.12. The summed E-state index contributed by atoms with van der Waals surface area (Å²) in [6.45, 7) is 0. The number of ketones is 2. The van der Waals surface area contributed by atoms with Crippen LogP contribution in [-0.2, 0) is 0 Å². The lowest BCUT2D eigenvalue weighted by atomic mass is 9.86. The van der Waals surface area contributed by atoms with Crippen molar-refractivity contribution in [2.75, 3.05) is 0 Å². The summed E-state index contributed by atoms with van der Waals surface area (Å²) in [5.41, 5.74) is 1.23. The Kier molecular flexibility index (Phi) is 6.12. The minimum Gasteiger partial charge on any atom is -0.507 e. The van der Waals surface area contributed by atoms with Crippen LogP contribution in [0.4, 0.5) is 0 Å². The zero-order valence-corrected chi connectivity index (χ0v) is 15.8. The van der Waals surface area contributed by atoms with Gasteiger partial charge in [-0.15, -0.1) is 0 Å². The molecule has 3 aromatic carbocycles. The lowest BCUT2D eigenvalue weighted by molar-refractivity contribution is 0.0942. The predicted molar refractivity (Wildman–Crippen MR) is 108 cm³/mol. The first-order chi connectivity index (χ1) is 13.5. The van der Waals surface area contributed by atoms with Crippen LogP contribution >= 0.6 is 11.6 Å². The molecule has 0 amide bonds. The van der Waals surface area contributed by atoms with Gasteiger partial charge in [-0.3, -0.25) is 9.59 Å². The zero-order chi connectivity index (χ0) is 20.1. The molecular formula is C23H19ClO4. The fourth-order valence-corrected chi connectivity index (χ4v) is 3.26. The summed E-state index contributed by atoms with van der Waals surface area (Å²) < 4.78 is 0. The van der Waals surface area contributed by atoms with Gasteiger partial charge in [0.2, 0.25) is 0 Å². The first kappa shape index (κ1) is 19.6. The van der Waals surface area contributed by atoms with Crippen molar-refractivity contribution in [2.24, 2.45) is 0 Å². The molecule has 3 aromatic rings. The Morgan fingerprint density at radius 2 is 1.14 bits per heavy atom. The van der Waals surface area contributed by atoms with Crippen LogP contribution in [0.2, 0.25) is 5.02 Å². The van der Waals surface area contributed by atoms with Gasteiger partial charge in [0.05, 0.1) is 11.1 Å². The lowest BCUT2D eigenvalue weighted by Gasteiger charge is -2.17. The van der Waals surface area contributed by atoms with E-state index in [0.29, 0.717) is 5.02 Å². The van der Waals surface area contributed by atoms with Gasteiger partial charge in [0.15, 0.2) is 11.6 Å². The molecule has 0 aliphatic rings. The number of hydrogen-bond donors (Lipinski definition) is 2. The lowest BCUT2D eigenvalue weighted by Crippen LogP contribution is -2.13. The van der Waals surface area contributed by atoms with E-state index in [0.717, 1.165) is 5.56 Å². The van der Waals surface area contributed by atoms with E-state index in [1.807, 2.05) is 0 Å². The Hall–Kier alpha value is -3.11. The molecule has 142 valence electrons. The van der Waals surface area contributed by atoms with E-state index in [1.54, 1.807) is 60.7 Å². The number of halogens is 1. The number of aromatic hydroxyl groups is 2. The number of benzene rings is 3. The van der Waals surface area contributed by atoms with Gasteiger partial charge in [-0.05, 0) is 47.9 Å². The maximum atomic E-state index is 12.8. The highest BCUT2D eigenvalue weighted by Gasteiger charge is 2.23. The third-order valence-electron chi connectivity index (χ3n) is 4.61. The van der Waals surface area contributed by atoms with E-state index in [9.17, 15) is 19.8 Å². The molecule has 4 nitrogen and oxygen atoms in total. The molecule has 2 N–H and O–H groups in total. The highest BCUT2D eigenvalue weighted by atomic mass is 35.5. The Balaban J connectivity index is 1.88. The van der Waals surface area contributed by atoms with Crippen LogP contribution in [0, 0.1) is 0 Å². The van der Waals surface area contributed by atoms with E-state index in [-0.39, 0.29) is 47.0 Å². The Labute approximate surface area is 168 Å². The zero-order valence-electron chi connectivity index (χ0n) is 15.0. The standard InChI is InChI=1S/C23H19ClO4/c24-17-11-9-15(10-12-17)16(13-22(27)18-5-1-3-7-20(18)25)14-23(28)19-6-2-4-8-21(19)26/h1-12,16,25-26H,13-14H2. The van der Waals surface area contributed by atoms with Crippen molar-refractivity contribution in [3.63, 3.8) is 0 Å². The first-order valence-corrected chi connectivity index (χ1v) is 9.21. The normalized spacial score (nSPS) is 10.8. The molecule has 0 spiro atoms. The highest BCUT2D eigenvalue weighted by Crippen LogP contribution is 2.31. The Bertz CT molecular complexity index is 936. The molecule has 0 saturated heterocycles. The van der Waals surface area contributed by atoms with E-state index in [2.05, 4.69) is 0 Å². The molecule has 0 atom stereocenters. The number of carbonyl (C=O) groups excluding carboxylic acids is 2. The summed E-state index contributed by atoms with van der Waals surface area (Å²) in [5, 5.41) is 20.5. The fraction of sp³-hybridized carbons (Fsp3) is 0.130. The topological polar surface area (TPSA) is 74.6 Å². The van der Waals surface area contributed by atoms with Gasteiger partial charge in [0.1, 0.15) is 11.5 Å². The second-order valence-electron chi connectivity index (χ2n) is 6.54. The SMILES string of the molecule is O=C(CC(CC(=O)c1ccccc1O)c1ccc(Cl)cc1)c1ccccc1O. The molecule has 0 saturated carbocycles. The van der Waals surface area contributed by atoms with Crippen molar-refractivity contribution < 1.29 is 19.8 Å². The largest absolute Gasteiger partial charge is 0.507 e. The molecule has 0 bridgehead atoms. The first-order valence-electron chi connectivity index (χ1n) is 8.83. The van der Waals surface area contributed by atoms with Crippen LogP contribution in [0.5, 0.6) is 11.5 Å². The van der Waals surface area contributed by atoms with E-state index in [4.69, 9.17) is 11.6 Å². The summed E-state index contributed by atoms with van der Waals surface area (Å²) in [6, 6.07) is 19.6. The number of carbonyl (C=O) groups is 2. The van der Waals surface area contributed by atoms with Gasteiger partial charge in [-0.1, -0.05) is 48.0 Å². The maximum Gasteiger partial charge on any atom is 0.167 e. The Morgan fingerprint density at radius 1 is 0.714 bits per heavy atom. The van der Waals surface area contributed by atoms with Crippen LogP contribution < -0.4 is 0 Å². The minimum absolute atomic E-state index is 0.0402. The maximum absolute atomic E-state index is 12.8. The molecule has 0 aliphatic heterocycles. The van der Waals surface area contributed by atoms with Crippen molar-refractivity contribution in [1.82, 2.24) is 0 Å². The summed E-state index contributed by atoms with van der Waals surface area (Å²) in [7, 11) is 0. The average molecular weight is 395 g/mol. The van der Waals surface area contributed by atoms with Crippen molar-refractivity contribution >= 4 is 23.2 Å². The van der Waals surface area contributed by atoms with Gasteiger partial charge in [0, 0.05) is 17.9 Å². The third kappa shape index (κ3) is 4.59. The average Bonchev–Trinajstić information content (AvgIpc) is 2.68. The summed E-state index contributed by atoms with van der Waals surface area (Å²) >= 11 is 5.96. The summed E-state index contributed by atoms with van der Waals surface area (Å²) in [6.07, 6.45) is 0.0804. The second-order valence-corrected chi connectivity index (χ2v) is 6.97. The molecule has 0 radical (unpaired) electrons. The van der Waals surface area contributed by atoms with Crippen LogP contribution in [0.15, 0.2) is 72.8 Å². The van der Waals surface area contributed by atoms with E-state index >= 15 is 0 Å². The van der Waals surface area contributed by atoms with Gasteiger partial charge in [0.25, 0.3) is 0 Å². The number of phenols is 2. The quantitative estimate of drug-likeness (QED) is 0.527. The fourth-order valence-electron chi connectivity index (χ4n) is 3.13. The van der Waals surface area contributed by atoms with E-state index in [1.165, 1.54) is 12.1 Å². The van der Waals surface area contributed by atoms with Crippen LogP contribution in [0.3, 0.4) is 0 Å². The number of para-hydroxylation sites is 2. The molecule has 28 heavy (non-hydrogen) atoms. The van der Waals surface area contributed by atoms with Gasteiger partial charge in [-0.25, -0.2) is 0 Å². The van der Waals surface area contributed by atoms with Gasteiger partial charge in [-0.2, -0.15) is 0 Å².